The van der Waals surface area contributed by atoms with Crippen molar-refractivity contribution in [2.45, 2.75) is 12.4 Å². The summed E-state index contributed by atoms with van der Waals surface area (Å²) in [6.07, 6.45) is -12.5. The maximum Gasteiger partial charge on any atom is 0.448 e. The third-order valence-corrected chi connectivity index (χ3v) is 1.30. The van der Waals surface area contributed by atoms with Gasteiger partial charge in [-0.1, -0.05) is 0 Å². The minimum atomic E-state index is -6.23. The molecule has 0 amide bonds. The Bertz CT molecular complexity index is 372. The zero-order valence-electron chi connectivity index (χ0n) is 6.73. The molecule has 0 saturated heterocycles. The smallest absolute Gasteiger partial charge is 0.331 e. The van der Waals surface area contributed by atoms with E-state index in [1.165, 1.54) is 0 Å². The molecule has 0 atom stereocenters. The van der Waals surface area contributed by atoms with Crippen molar-refractivity contribution in [1.82, 2.24) is 0 Å². The van der Waals surface area contributed by atoms with Crippen LogP contribution in [0.1, 0.15) is 0 Å². The van der Waals surface area contributed by atoms with Crippen LogP contribution in [0.15, 0.2) is 11.6 Å². The maximum absolute atomic E-state index is 12.2. The van der Waals surface area contributed by atoms with Crippen LogP contribution >= 0.6 is 0 Å². The van der Waals surface area contributed by atoms with Gasteiger partial charge in [-0.25, -0.2) is 0 Å². The summed E-state index contributed by atoms with van der Waals surface area (Å²) in [5, 5.41) is 0. The fraction of sp³-hybridized carbons (Fsp3) is 0.500. The number of allylic oxidation sites excluding steroid dienone is 1. The Morgan fingerprint density at radius 3 is 1.50 bits per heavy atom. The Morgan fingerprint density at radius 1 is 1.00 bits per heavy atom. The second-order valence-corrected chi connectivity index (χ2v) is 3.18. The average Bonchev–Trinajstić information content (AvgIpc) is 1.70. The van der Waals surface area contributed by atoms with Crippen LogP contribution in [0.3, 0.4) is 0 Å². The number of halogens is 7. The van der Waals surface area contributed by atoms with E-state index < -0.39 is 34.3 Å². The van der Waals surface area contributed by atoms with Gasteiger partial charge in [-0.15, -0.1) is 0 Å². The van der Waals surface area contributed by atoms with Crippen LogP contribution in [0.25, 0.3) is 0 Å². The highest BCUT2D eigenvalue weighted by Gasteiger charge is 2.55. The molecule has 4 nitrogen and oxygen atoms in total. The van der Waals surface area contributed by atoms with E-state index in [4.69, 9.17) is 4.55 Å². The molecule has 0 fully saturated rings. The van der Waals surface area contributed by atoms with E-state index >= 15 is 0 Å². The van der Waals surface area contributed by atoms with Crippen molar-refractivity contribution < 1.29 is 47.9 Å². The first kappa shape index (κ1) is 15.0. The van der Waals surface area contributed by atoms with E-state index in [1.807, 2.05) is 0 Å². The van der Waals surface area contributed by atoms with Crippen molar-refractivity contribution >= 4 is 10.4 Å². The van der Waals surface area contributed by atoms with Gasteiger partial charge in [0.25, 0.3) is 0 Å². The standard InChI is InChI=1S/C4HF7O4S/c5-2(15-16(12,13)14)1(3(6,7)8)4(9,10)11/h(H,12,13,14). The van der Waals surface area contributed by atoms with Crippen LogP contribution in [0, 0.1) is 0 Å². The van der Waals surface area contributed by atoms with Crippen LogP contribution in [-0.2, 0) is 14.6 Å². The second-order valence-electron chi connectivity index (χ2n) is 2.16. The van der Waals surface area contributed by atoms with Gasteiger partial charge in [-0.2, -0.15) is 39.2 Å². The third kappa shape index (κ3) is 4.65. The summed E-state index contributed by atoms with van der Waals surface area (Å²) in [5.41, 5.74) is -3.81. The number of hydrogen-bond acceptors (Lipinski definition) is 3. The van der Waals surface area contributed by atoms with E-state index in [2.05, 4.69) is 4.18 Å². The minimum Gasteiger partial charge on any atom is -0.331 e. The molecule has 0 aliphatic heterocycles. The lowest BCUT2D eigenvalue weighted by atomic mass is 10.3. The molecule has 0 aliphatic rings. The molecule has 0 spiro atoms. The highest BCUT2D eigenvalue weighted by Crippen LogP contribution is 2.41. The predicted octanol–water partition coefficient (Wildman–Crippen LogP) is 2.11. The van der Waals surface area contributed by atoms with Gasteiger partial charge >= 0.3 is 28.8 Å². The van der Waals surface area contributed by atoms with Gasteiger partial charge in [-0.05, 0) is 0 Å². The molecule has 0 aromatic carbocycles. The van der Waals surface area contributed by atoms with Crippen molar-refractivity contribution in [1.29, 1.82) is 0 Å². The first-order valence-electron chi connectivity index (χ1n) is 2.96. The summed E-state index contributed by atoms with van der Waals surface area (Å²) in [6.45, 7) is 0. The SMILES string of the molecule is O=S(=O)(O)OC(F)=C(C(F)(F)F)C(F)(F)F. The normalized spacial score (nSPS) is 13.5. The molecule has 0 saturated carbocycles. The fourth-order valence-corrected chi connectivity index (χ4v) is 0.786. The average molecular weight is 278 g/mol. The van der Waals surface area contributed by atoms with E-state index in [9.17, 15) is 39.2 Å². The Labute approximate surface area is 83.3 Å². The Balaban J connectivity index is 5.60. The zero-order valence-corrected chi connectivity index (χ0v) is 7.54. The Morgan fingerprint density at radius 2 is 1.31 bits per heavy atom. The highest BCUT2D eigenvalue weighted by molar-refractivity contribution is 7.81. The maximum atomic E-state index is 12.2. The topological polar surface area (TPSA) is 63.6 Å². The van der Waals surface area contributed by atoms with Crippen LogP contribution in [0.4, 0.5) is 30.7 Å². The molecule has 0 aliphatic carbocycles. The molecule has 96 valence electrons. The molecule has 0 unspecified atom stereocenters. The quantitative estimate of drug-likeness (QED) is 0.477. The molecule has 0 heterocycles. The van der Waals surface area contributed by atoms with Crippen LogP contribution < -0.4 is 0 Å². The van der Waals surface area contributed by atoms with Gasteiger partial charge in [0.15, 0.2) is 0 Å². The van der Waals surface area contributed by atoms with Crippen LogP contribution in [0.5, 0.6) is 0 Å². The summed E-state index contributed by atoms with van der Waals surface area (Å²) in [5.74, 6) is 0. The summed E-state index contributed by atoms with van der Waals surface area (Å²) in [6, 6.07) is -3.51. The molecule has 0 aromatic heterocycles. The van der Waals surface area contributed by atoms with Crippen molar-refractivity contribution in [3.63, 3.8) is 0 Å². The first-order valence-corrected chi connectivity index (χ1v) is 4.32. The Hall–Kier alpha value is -1.04. The van der Waals surface area contributed by atoms with Gasteiger partial charge in [-0.3, -0.25) is 4.55 Å². The summed E-state index contributed by atoms with van der Waals surface area (Å²) in [4.78, 5) is 0. The fourth-order valence-electron chi connectivity index (χ4n) is 0.518. The van der Waals surface area contributed by atoms with Crippen LogP contribution in [0.2, 0.25) is 0 Å². The van der Waals surface area contributed by atoms with E-state index in [-0.39, 0.29) is 0 Å². The van der Waals surface area contributed by atoms with Gasteiger partial charge in [0.2, 0.25) is 5.57 Å². The molecular weight excluding hydrogens is 277 g/mol. The van der Waals surface area contributed by atoms with Crippen molar-refractivity contribution in [3.8, 4) is 0 Å². The van der Waals surface area contributed by atoms with Crippen molar-refractivity contribution in [3.05, 3.63) is 11.6 Å². The minimum absolute atomic E-state index is 2.45. The van der Waals surface area contributed by atoms with E-state index in [0.717, 1.165) is 0 Å². The third-order valence-electron chi connectivity index (χ3n) is 0.942. The second kappa shape index (κ2) is 4.08. The molecule has 0 radical (unpaired) electrons. The zero-order chi connectivity index (χ0) is 13.4. The number of rotatable bonds is 2. The van der Waals surface area contributed by atoms with Gasteiger partial charge < -0.3 is 4.18 Å². The monoisotopic (exact) mass is 278 g/mol. The highest BCUT2D eigenvalue weighted by atomic mass is 32.3. The van der Waals surface area contributed by atoms with Crippen molar-refractivity contribution in [2.75, 3.05) is 0 Å². The molecule has 12 heteroatoms. The molecule has 0 aromatic rings. The lowest BCUT2D eigenvalue weighted by Gasteiger charge is -2.14. The predicted molar refractivity (Wildman–Crippen MR) is 32.9 cm³/mol. The first-order chi connectivity index (χ1) is 6.75. The summed E-state index contributed by atoms with van der Waals surface area (Å²) < 4.78 is 112. The molecule has 0 rings (SSSR count). The van der Waals surface area contributed by atoms with Crippen molar-refractivity contribution in [2.24, 2.45) is 0 Å². The number of alkyl halides is 6. The van der Waals surface area contributed by atoms with Gasteiger partial charge in [0.05, 0.1) is 0 Å². The Kier molecular flexibility index (Phi) is 3.82. The summed E-state index contributed by atoms with van der Waals surface area (Å²) >= 11 is 0. The molecular formula is C4HF7O4S. The molecule has 0 bridgehead atoms. The number of hydrogen-bond donors (Lipinski definition) is 1. The van der Waals surface area contributed by atoms with E-state index in [0.29, 0.717) is 0 Å². The molecule has 16 heavy (non-hydrogen) atoms. The largest absolute Gasteiger partial charge is 0.448 e. The summed E-state index contributed by atoms with van der Waals surface area (Å²) in [7, 11) is -5.82. The van der Waals surface area contributed by atoms with E-state index in [1.54, 1.807) is 0 Å². The van der Waals surface area contributed by atoms with Gasteiger partial charge in [0, 0.05) is 0 Å². The molecule has 1 N–H and O–H groups in total. The lowest BCUT2D eigenvalue weighted by Crippen LogP contribution is -2.28. The van der Waals surface area contributed by atoms with Crippen LogP contribution in [-0.4, -0.2) is 25.3 Å². The van der Waals surface area contributed by atoms with Gasteiger partial charge in [0.1, 0.15) is 0 Å². The lowest BCUT2D eigenvalue weighted by molar-refractivity contribution is -0.177.